The average molecular weight is 278 g/mol. The van der Waals surface area contributed by atoms with Crippen LogP contribution in [0.5, 0.6) is 5.75 Å². The third-order valence-electron chi connectivity index (χ3n) is 3.51. The third kappa shape index (κ3) is 4.51. The topological polar surface area (TPSA) is 84.6 Å². The number of ether oxygens (including phenoxy) is 1. The molecule has 1 amide bonds. The number of phenolic OH excluding ortho intramolecular Hbond substituents is 1. The standard InChI is InChI=1S/C15H22N2O3/c16-14(9-11-4-6-12(18)7-5-11)15(19)17-10-13-3-1-2-8-20-13/h4-7,13-14,18H,1-3,8-10,16H2,(H,17,19). The summed E-state index contributed by atoms with van der Waals surface area (Å²) < 4.78 is 5.56. The van der Waals surface area contributed by atoms with E-state index in [0.717, 1.165) is 31.4 Å². The first-order chi connectivity index (χ1) is 9.65. The van der Waals surface area contributed by atoms with Gasteiger partial charge in [-0.05, 0) is 43.4 Å². The molecule has 0 saturated carbocycles. The maximum atomic E-state index is 11.9. The van der Waals surface area contributed by atoms with E-state index in [4.69, 9.17) is 10.5 Å². The van der Waals surface area contributed by atoms with Crippen molar-refractivity contribution in [2.75, 3.05) is 13.2 Å². The fraction of sp³-hybridized carbons (Fsp3) is 0.533. The maximum Gasteiger partial charge on any atom is 0.237 e. The smallest absolute Gasteiger partial charge is 0.237 e. The number of benzene rings is 1. The SMILES string of the molecule is NC(Cc1ccc(O)cc1)C(=O)NCC1CCCCO1. The minimum absolute atomic E-state index is 0.119. The molecule has 1 fully saturated rings. The van der Waals surface area contributed by atoms with Crippen molar-refractivity contribution < 1.29 is 14.6 Å². The summed E-state index contributed by atoms with van der Waals surface area (Å²) >= 11 is 0. The summed E-state index contributed by atoms with van der Waals surface area (Å²) in [4.78, 5) is 11.9. The van der Waals surface area contributed by atoms with Gasteiger partial charge >= 0.3 is 0 Å². The first kappa shape index (κ1) is 14.8. The van der Waals surface area contributed by atoms with E-state index in [-0.39, 0.29) is 17.8 Å². The van der Waals surface area contributed by atoms with E-state index < -0.39 is 6.04 Å². The van der Waals surface area contributed by atoms with E-state index in [2.05, 4.69) is 5.32 Å². The molecule has 1 aromatic carbocycles. The summed E-state index contributed by atoms with van der Waals surface area (Å²) in [6, 6.07) is 6.15. The number of rotatable bonds is 5. The number of nitrogens with one attached hydrogen (secondary N) is 1. The summed E-state index contributed by atoms with van der Waals surface area (Å²) in [5.74, 6) is 0.0495. The summed E-state index contributed by atoms with van der Waals surface area (Å²) in [7, 11) is 0. The maximum absolute atomic E-state index is 11.9. The van der Waals surface area contributed by atoms with E-state index in [1.807, 2.05) is 0 Å². The van der Waals surface area contributed by atoms with Crippen molar-refractivity contribution in [1.29, 1.82) is 0 Å². The number of carbonyl (C=O) groups is 1. The summed E-state index contributed by atoms with van der Waals surface area (Å²) in [5.41, 5.74) is 6.82. The molecule has 20 heavy (non-hydrogen) atoms. The van der Waals surface area contributed by atoms with Crippen molar-refractivity contribution in [2.24, 2.45) is 5.73 Å². The van der Waals surface area contributed by atoms with Crippen LogP contribution in [0.1, 0.15) is 24.8 Å². The Labute approximate surface area is 119 Å². The van der Waals surface area contributed by atoms with Gasteiger partial charge < -0.3 is 20.9 Å². The molecule has 2 unspecified atom stereocenters. The molecule has 1 heterocycles. The molecule has 0 spiro atoms. The molecule has 2 atom stereocenters. The highest BCUT2D eigenvalue weighted by atomic mass is 16.5. The average Bonchev–Trinajstić information content (AvgIpc) is 2.48. The Morgan fingerprint density at radius 3 is 2.80 bits per heavy atom. The van der Waals surface area contributed by atoms with Crippen LogP contribution in [0, 0.1) is 0 Å². The van der Waals surface area contributed by atoms with Gasteiger partial charge in [0.1, 0.15) is 5.75 Å². The van der Waals surface area contributed by atoms with Crippen LogP contribution in [0.4, 0.5) is 0 Å². The highest BCUT2D eigenvalue weighted by Crippen LogP contribution is 2.12. The van der Waals surface area contributed by atoms with Gasteiger partial charge in [0, 0.05) is 13.2 Å². The zero-order chi connectivity index (χ0) is 14.4. The van der Waals surface area contributed by atoms with Crippen molar-refractivity contribution >= 4 is 5.91 Å². The number of carbonyl (C=O) groups excluding carboxylic acids is 1. The normalized spacial score (nSPS) is 20.4. The first-order valence-electron chi connectivity index (χ1n) is 7.08. The highest BCUT2D eigenvalue weighted by Gasteiger charge is 2.18. The van der Waals surface area contributed by atoms with E-state index in [9.17, 15) is 9.90 Å². The first-order valence-corrected chi connectivity index (χ1v) is 7.08. The predicted octanol–water partition coefficient (Wildman–Crippen LogP) is 0.947. The van der Waals surface area contributed by atoms with Gasteiger partial charge in [0.15, 0.2) is 0 Å². The second-order valence-corrected chi connectivity index (χ2v) is 5.21. The molecule has 5 nitrogen and oxygen atoms in total. The largest absolute Gasteiger partial charge is 0.508 e. The van der Waals surface area contributed by atoms with Gasteiger partial charge in [-0.25, -0.2) is 0 Å². The lowest BCUT2D eigenvalue weighted by Gasteiger charge is -2.23. The van der Waals surface area contributed by atoms with E-state index in [1.165, 1.54) is 0 Å². The third-order valence-corrected chi connectivity index (χ3v) is 3.51. The minimum atomic E-state index is -0.580. The van der Waals surface area contributed by atoms with Gasteiger partial charge in [-0.3, -0.25) is 4.79 Å². The van der Waals surface area contributed by atoms with Crippen LogP contribution in [0.15, 0.2) is 24.3 Å². The van der Waals surface area contributed by atoms with Gasteiger partial charge in [0.05, 0.1) is 12.1 Å². The molecule has 1 aromatic rings. The molecule has 0 bridgehead atoms. The molecule has 0 aliphatic carbocycles. The molecule has 1 saturated heterocycles. The lowest BCUT2D eigenvalue weighted by molar-refractivity contribution is -0.123. The van der Waals surface area contributed by atoms with Crippen LogP contribution in [-0.4, -0.2) is 36.3 Å². The summed E-state index contributed by atoms with van der Waals surface area (Å²) in [5, 5.41) is 12.0. The van der Waals surface area contributed by atoms with Crippen LogP contribution in [0.3, 0.4) is 0 Å². The second-order valence-electron chi connectivity index (χ2n) is 5.21. The molecule has 5 heteroatoms. The lowest BCUT2D eigenvalue weighted by atomic mass is 10.1. The lowest BCUT2D eigenvalue weighted by Crippen LogP contribution is -2.45. The minimum Gasteiger partial charge on any atom is -0.508 e. The molecule has 110 valence electrons. The molecular formula is C15H22N2O3. The zero-order valence-electron chi connectivity index (χ0n) is 11.5. The Balaban J connectivity index is 1.75. The number of hydrogen-bond donors (Lipinski definition) is 3. The summed E-state index contributed by atoms with van der Waals surface area (Å²) in [6.07, 6.45) is 3.82. The zero-order valence-corrected chi connectivity index (χ0v) is 11.5. The van der Waals surface area contributed by atoms with Crippen molar-refractivity contribution in [2.45, 2.75) is 37.8 Å². The van der Waals surface area contributed by atoms with Crippen molar-refractivity contribution in [3.05, 3.63) is 29.8 Å². The van der Waals surface area contributed by atoms with Gasteiger partial charge in [0.2, 0.25) is 5.91 Å². The quantitative estimate of drug-likeness (QED) is 0.748. The van der Waals surface area contributed by atoms with Crippen LogP contribution < -0.4 is 11.1 Å². The van der Waals surface area contributed by atoms with E-state index >= 15 is 0 Å². The van der Waals surface area contributed by atoms with Crippen molar-refractivity contribution in [3.63, 3.8) is 0 Å². The Hall–Kier alpha value is -1.59. The van der Waals surface area contributed by atoms with Crippen LogP contribution in [0.25, 0.3) is 0 Å². The number of aromatic hydroxyl groups is 1. The molecule has 0 radical (unpaired) electrons. The van der Waals surface area contributed by atoms with E-state index in [0.29, 0.717) is 13.0 Å². The van der Waals surface area contributed by atoms with Gasteiger partial charge in [0.25, 0.3) is 0 Å². The van der Waals surface area contributed by atoms with Gasteiger partial charge in [-0.1, -0.05) is 12.1 Å². The van der Waals surface area contributed by atoms with Crippen LogP contribution in [0.2, 0.25) is 0 Å². The fourth-order valence-corrected chi connectivity index (χ4v) is 2.29. The molecule has 1 aliphatic heterocycles. The fourth-order valence-electron chi connectivity index (χ4n) is 2.29. The van der Waals surface area contributed by atoms with Crippen molar-refractivity contribution in [3.8, 4) is 5.75 Å². The molecule has 1 aliphatic rings. The summed E-state index contributed by atoms with van der Waals surface area (Å²) in [6.45, 7) is 1.31. The van der Waals surface area contributed by atoms with Gasteiger partial charge in [-0.2, -0.15) is 0 Å². The Morgan fingerprint density at radius 1 is 1.40 bits per heavy atom. The number of phenols is 1. The molecule has 2 rings (SSSR count). The molecular weight excluding hydrogens is 256 g/mol. The van der Waals surface area contributed by atoms with E-state index in [1.54, 1.807) is 24.3 Å². The van der Waals surface area contributed by atoms with Gasteiger partial charge in [-0.15, -0.1) is 0 Å². The number of amides is 1. The monoisotopic (exact) mass is 278 g/mol. The van der Waals surface area contributed by atoms with Crippen LogP contribution >= 0.6 is 0 Å². The van der Waals surface area contributed by atoms with Crippen molar-refractivity contribution in [1.82, 2.24) is 5.32 Å². The Morgan fingerprint density at radius 2 is 2.15 bits per heavy atom. The molecule has 0 aromatic heterocycles. The Bertz CT molecular complexity index is 427. The molecule has 4 N–H and O–H groups in total. The number of hydrogen-bond acceptors (Lipinski definition) is 4. The Kier molecular flexibility index (Phi) is 5.38. The predicted molar refractivity (Wildman–Crippen MR) is 76.4 cm³/mol. The number of nitrogens with two attached hydrogens (primary N) is 1. The highest BCUT2D eigenvalue weighted by molar-refractivity contribution is 5.81. The second kappa shape index (κ2) is 7.26. The van der Waals surface area contributed by atoms with Crippen LogP contribution in [-0.2, 0) is 16.0 Å².